The summed E-state index contributed by atoms with van der Waals surface area (Å²) in [6.45, 7) is 1.41. The number of hydrogen-bond donors (Lipinski definition) is 1. The van der Waals surface area contributed by atoms with E-state index in [-0.39, 0.29) is 17.7 Å². The first kappa shape index (κ1) is 23.2. The van der Waals surface area contributed by atoms with Crippen molar-refractivity contribution in [1.82, 2.24) is 0 Å². The third-order valence-corrected chi connectivity index (χ3v) is 6.41. The second-order valence-corrected chi connectivity index (χ2v) is 8.79. The van der Waals surface area contributed by atoms with Crippen LogP contribution in [0.3, 0.4) is 0 Å². The molecule has 0 aliphatic heterocycles. The third-order valence-electron chi connectivity index (χ3n) is 6.41. The van der Waals surface area contributed by atoms with E-state index in [9.17, 15) is 29.6 Å². The molecule has 172 valence electrons. The Balaban J connectivity index is 1.92. The van der Waals surface area contributed by atoms with Crippen LogP contribution in [0, 0.1) is 22.0 Å². The Kier molecular flexibility index (Phi) is 6.22. The standard InChI is InChI=1S/C27H23NO6/c1-27(32)16-21(29)23(25(30)17-9-4-2-5-10-17)22(19-13-8-14-20(15-19)28(33)34)24(27)26(31)18-11-6-3-7-12-18/h2-15,22-24,32H,16H2,1H3/t22-,23+,24+,27-/m0/s1. The molecule has 3 aromatic rings. The van der Waals surface area contributed by atoms with E-state index in [1.54, 1.807) is 66.7 Å². The number of carbonyl (C=O) groups excluding carboxylic acids is 3. The predicted molar refractivity (Wildman–Crippen MR) is 125 cm³/mol. The summed E-state index contributed by atoms with van der Waals surface area (Å²) in [7, 11) is 0. The number of ketones is 3. The SMILES string of the molecule is C[C@]1(O)CC(=O)[C@@H](C(=O)c2ccccc2)[C@H](c2cccc([N+](=O)[O-])c2)[C@@H]1C(=O)c1ccccc1. The number of benzene rings is 3. The zero-order valence-electron chi connectivity index (χ0n) is 18.5. The van der Waals surface area contributed by atoms with Crippen molar-refractivity contribution in [1.29, 1.82) is 0 Å². The maximum Gasteiger partial charge on any atom is 0.269 e. The number of non-ortho nitro benzene ring substituents is 1. The second kappa shape index (κ2) is 9.11. The number of nitro benzene ring substituents is 1. The number of nitro groups is 1. The van der Waals surface area contributed by atoms with Crippen molar-refractivity contribution in [3.05, 3.63) is 112 Å². The van der Waals surface area contributed by atoms with E-state index in [1.165, 1.54) is 25.1 Å². The average Bonchev–Trinajstić information content (AvgIpc) is 2.83. The van der Waals surface area contributed by atoms with Gasteiger partial charge >= 0.3 is 0 Å². The van der Waals surface area contributed by atoms with Gasteiger partial charge in [0.25, 0.3) is 5.69 Å². The van der Waals surface area contributed by atoms with E-state index in [1.807, 2.05) is 0 Å². The third kappa shape index (κ3) is 4.30. The maximum absolute atomic E-state index is 13.7. The first-order valence-corrected chi connectivity index (χ1v) is 10.9. The highest BCUT2D eigenvalue weighted by molar-refractivity contribution is 6.13. The van der Waals surface area contributed by atoms with E-state index in [0.717, 1.165) is 0 Å². The molecule has 4 atom stereocenters. The normalized spacial score (nSPS) is 24.4. The van der Waals surface area contributed by atoms with Crippen LogP contribution in [-0.4, -0.2) is 33.0 Å². The van der Waals surface area contributed by atoms with E-state index in [4.69, 9.17) is 0 Å². The zero-order chi connectivity index (χ0) is 24.5. The van der Waals surface area contributed by atoms with Crippen LogP contribution in [0.2, 0.25) is 0 Å². The van der Waals surface area contributed by atoms with Crippen LogP contribution >= 0.6 is 0 Å². The van der Waals surface area contributed by atoms with Crippen molar-refractivity contribution >= 4 is 23.0 Å². The summed E-state index contributed by atoms with van der Waals surface area (Å²) >= 11 is 0. The van der Waals surface area contributed by atoms with Gasteiger partial charge in [-0.2, -0.15) is 0 Å². The Morgan fingerprint density at radius 2 is 1.47 bits per heavy atom. The van der Waals surface area contributed by atoms with Crippen LogP contribution in [0.15, 0.2) is 84.9 Å². The Bertz CT molecular complexity index is 1250. The van der Waals surface area contributed by atoms with Gasteiger partial charge in [0.15, 0.2) is 11.6 Å². The quantitative estimate of drug-likeness (QED) is 0.254. The summed E-state index contributed by atoms with van der Waals surface area (Å²) < 4.78 is 0. The Morgan fingerprint density at radius 1 is 0.912 bits per heavy atom. The molecule has 0 bridgehead atoms. The number of aliphatic hydroxyl groups is 1. The first-order valence-electron chi connectivity index (χ1n) is 10.9. The van der Waals surface area contributed by atoms with Gasteiger partial charge < -0.3 is 5.11 Å². The van der Waals surface area contributed by atoms with Crippen LogP contribution in [0.4, 0.5) is 5.69 Å². The van der Waals surface area contributed by atoms with Crippen molar-refractivity contribution in [2.75, 3.05) is 0 Å². The van der Waals surface area contributed by atoms with E-state index in [0.29, 0.717) is 11.1 Å². The molecule has 3 aromatic carbocycles. The van der Waals surface area contributed by atoms with Gasteiger partial charge in [-0.1, -0.05) is 72.8 Å². The molecule has 0 spiro atoms. The van der Waals surface area contributed by atoms with Gasteiger partial charge in [0.05, 0.1) is 22.4 Å². The van der Waals surface area contributed by atoms with E-state index in [2.05, 4.69) is 0 Å². The highest BCUT2D eigenvalue weighted by Crippen LogP contribution is 2.48. The Morgan fingerprint density at radius 3 is 2.03 bits per heavy atom. The summed E-state index contributed by atoms with van der Waals surface area (Å²) in [5, 5.41) is 22.8. The lowest BCUT2D eigenvalue weighted by Gasteiger charge is -2.44. The van der Waals surface area contributed by atoms with Crippen molar-refractivity contribution in [2.45, 2.75) is 24.9 Å². The number of Topliss-reactive ketones (excluding diaryl/α,β-unsaturated/α-hetero) is 3. The summed E-state index contributed by atoms with van der Waals surface area (Å²) in [6.07, 6.45) is -0.384. The van der Waals surface area contributed by atoms with Gasteiger partial charge in [-0.15, -0.1) is 0 Å². The van der Waals surface area contributed by atoms with Crippen LogP contribution in [0.5, 0.6) is 0 Å². The van der Waals surface area contributed by atoms with Gasteiger partial charge in [-0.05, 0) is 12.5 Å². The van der Waals surface area contributed by atoms with Gasteiger partial charge in [0.1, 0.15) is 5.78 Å². The fraction of sp³-hybridized carbons (Fsp3) is 0.222. The molecule has 0 aromatic heterocycles. The first-order chi connectivity index (χ1) is 16.2. The van der Waals surface area contributed by atoms with Crippen molar-refractivity contribution < 1.29 is 24.4 Å². The molecule has 1 aliphatic rings. The molecule has 1 aliphatic carbocycles. The summed E-state index contributed by atoms with van der Waals surface area (Å²) in [4.78, 5) is 51.5. The summed E-state index contributed by atoms with van der Waals surface area (Å²) in [5.74, 6) is -4.96. The molecule has 7 nitrogen and oxygen atoms in total. The Labute approximate surface area is 196 Å². The van der Waals surface area contributed by atoms with Gasteiger partial charge in [0, 0.05) is 35.6 Å². The molecule has 1 fully saturated rings. The molecule has 1 saturated carbocycles. The van der Waals surface area contributed by atoms with Gasteiger partial charge in [-0.25, -0.2) is 0 Å². The molecular formula is C27H23NO6. The minimum absolute atomic E-state index is 0.230. The topological polar surface area (TPSA) is 115 Å². The maximum atomic E-state index is 13.7. The summed E-state index contributed by atoms with van der Waals surface area (Å²) in [6, 6.07) is 22.2. The molecule has 0 saturated heterocycles. The minimum Gasteiger partial charge on any atom is -0.389 e. The van der Waals surface area contributed by atoms with E-state index < -0.39 is 45.6 Å². The number of nitrogens with zero attached hydrogens (tertiary/aromatic N) is 1. The summed E-state index contributed by atoms with van der Waals surface area (Å²) in [5.41, 5.74) is -1.09. The van der Waals surface area contributed by atoms with Crippen molar-refractivity contribution in [2.24, 2.45) is 11.8 Å². The fourth-order valence-corrected chi connectivity index (χ4v) is 4.90. The van der Waals surface area contributed by atoms with E-state index >= 15 is 0 Å². The zero-order valence-corrected chi connectivity index (χ0v) is 18.5. The van der Waals surface area contributed by atoms with Crippen LogP contribution in [0.25, 0.3) is 0 Å². The predicted octanol–water partition coefficient (Wildman–Crippen LogP) is 4.40. The highest BCUT2D eigenvalue weighted by atomic mass is 16.6. The minimum atomic E-state index is -1.76. The van der Waals surface area contributed by atoms with Gasteiger partial charge in [0.2, 0.25) is 0 Å². The molecular weight excluding hydrogens is 434 g/mol. The lowest BCUT2D eigenvalue weighted by Crippen LogP contribution is -2.54. The number of carbonyl (C=O) groups is 3. The molecule has 4 rings (SSSR count). The molecule has 0 amide bonds. The molecule has 0 unspecified atom stereocenters. The van der Waals surface area contributed by atoms with Crippen molar-refractivity contribution in [3.63, 3.8) is 0 Å². The Hall–Kier alpha value is -3.97. The fourth-order valence-electron chi connectivity index (χ4n) is 4.90. The molecule has 34 heavy (non-hydrogen) atoms. The van der Waals surface area contributed by atoms with Crippen LogP contribution < -0.4 is 0 Å². The van der Waals surface area contributed by atoms with Crippen LogP contribution in [0.1, 0.15) is 45.5 Å². The van der Waals surface area contributed by atoms with Gasteiger partial charge in [-0.3, -0.25) is 24.5 Å². The lowest BCUT2D eigenvalue weighted by molar-refractivity contribution is -0.385. The smallest absolute Gasteiger partial charge is 0.269 e. The second-order valence-electron chi connectivity index (χ2n) is 8.79. The molecule has 0 heterocycles. The highest BCUT2D eigenvalue weighted by Gasteiger charge is 2.55. The average molecular weight is 457 g/mol. The van der Waals surface area contributed by atoms with Crippen molar-refractivity contribution in [3.8, 4) is 0 Å². The number of hydrogen-bond acceptors (Lipinski definition) is 6. The molecule has 7 heteroatoms. The number of rotatable bonds is 6. The lowest BCUT2D eigenvalue weighted by atomic mass is 9.58. The monoisotopic (exact) mass is 457 g/mol. The van der Waals surface area contributed by atoms with Crippen LogP contribution in [-0.2, 0) is 4.79 Å². The molecule has 0 radical (unpaired) electrons. The largest absolute Gasteiger partial charge is 0.389 e. The molecule has 1 N–H and O–H groups in total.